The molecule has 0 aliphatic rings. The molecule has 1 heterocycles. The SMILES string of the molecule is COc1cccc(CCNC(=O)c2ccc(Nc3ccccc3)cn2)c1. The van der Waals surface area contributed by atoms with E-state index in [1.807, 2.05) is 60.7 Å². The number of carbonyl (C=O) groups is 1. The first kappa shape index (κ1) is 17.5. The first-order valence-electron chi connectivity index (χ1n) is 8.44. The number of hydrogen-bond donors (Lipinski definition) is 2. The van der Waals surface area contributed by atoms with Crippen LogP contribution in [0.3, 0.4) is 0 Å². The molecular formula is C21H21N3O2. The molecule has 0 aliphatic heterocycles. The number of nitrogens with zero attached hydrogens (tertiary/aromatic N) is 1. The largest absolute Gasteiger partial charge is 0.497 e. The third-order valence-corrected chi connectivity index (χ3v) is 3.89. The number of para-hydroxylation sites is 1. The smallest absolute Gasteiger partial charge is 0.269 e. The summed E-state index contributed by atoms with van der Waals surface area (Å²) in [6, 6.07) is 21.2. The van der Waals surface area contributed by atoms with Crippen LogP contribution in [0.5, 0.6) is 5.75 Å². The molecule has 2 N–H and O–H groups in total. The second-order valence-electron chi connectivity index (χ2n) is 5.78. The van der Waals surface area contributed by atoms with Crippen LogP contribution in [0.4, 0.5) is 11.4 Å². The Hall–Kier alpha value is -3.34. The summed E-state index contributed by atoms with van der Waals surface area (Å²) in [5, 5.41) is 6.13. The van der Waals surface area contributed by atoms with E-state index in [9.17, 15) is 4.79 Å². The van der Waals surface area contributed by atoms with E-state index >= 15 is 0 Å². The third-order valence-electron chi connectivity index (χ3n) is 3.89. The number of anilines is 2. The van der Waals surface area contributed by atoms with Crippen LogP contribution in [0.2, 0.25) is 0 Å². The molecule has 0 radical (unpaired) electrons. The van der Waals surface area contributed by atoms with Gasteiger partial charge in [0.15, 0.2) is 0 Å². The lowest BCUT2D eigenvalue weighted by Gasteiger charge is -2.08. The molecule has 0 unspecified atom stereocenters. The van der Waals surface area contributed by atoms with Crippen molar-refractivity contribution >= 4 is 17.3 Å². The maximum atomic E-state index is 12.2. The average molecular weight is 347 g/mol. The fourth-order valence-electron chi connectivity index (χ4n) is 2.53. The van der Waals surface area contributed by atoms with Gasteiger partial charge in [-0.25, -0.2) is 4.98 Å². The lowest BCUT2D eigenvalue weighted by Crippen LogP contribution is -2.26. The van der Waals surface area contributed by atoms with Gasteiger partial charge in [0.2, 0.25) is 0 Å². The van der Waals surface area contributed by atoms with Crippen molar-refractivity contribution in [3.63, 3.8) is 0 Å². The number of hydrogen-bond acceptors (Lipinski definition) is 4. The zero-order valence-corrected chi connectivity index (χ0v) is 14.6. The van der Waals surface area contributed by atoms with Crippen LogP contribution in [0.25, 0.3) is 0 Å². The van der Waals surface area contributed by atoms with Gasteiger partial charge in [0.1, 0.15) is 11.4 Å². The maximum Gasteiger partial charge on any atom is 0.269 e. The zero-order chi connectivity index (χ0) is 18.2. The van der Waals surface area contributed by atoms with E-state index in [1.165, 1.54) is 0 Å². The predicted octanol–water partition coefficient (Wildman–Crippen LogP) is 3.81. The Bertz CT molecular complexity index is 849. The molecule has 0 spiro atoms. The highest BCUT2D eigenvalue weighted by Gasteiger charge is 2.07. The van der Waals surface area contributed by atoms with E-state index < -0.39 is 0 Å². The van der Waals surface area contributed by atoms with Gasteiger partial charge in [0.25, 0.3) is 5.91 Å². The molecular weight excluding hydrogens is 326 g/mol. The van der Waals surface area contributed by atoms with E-state index in [0.29, 0.717) is 12.2 Å². The van der Waals surface area contributed by atoms with Crippen LogP contribution in [-0.2, 0) is 6.42 Å². The second-order valence-corrected chi connectivity index (χ2v) is 5.78. The van der Waals surface area contributed by atoms with Gasteiger partial charge in [-0.2, -0.15) is 0 Å². The second kappa shape index (κ2) is 8.67. The fraction of sp³-hybridized carbons (Fsp3) is 0.143. The fourth-order valence-corrected chi connectivity index (χ4v) is 2.53. The van der Waals surface area contributed by atoms with Crippen molar-refractivity contribution in [3.8, 4) is 5.75 Å². The summed E-state index contributed by atoms with van der Waals surface area (Å²) in [5.74, 6) is 0.635. The zero-order valence-electron chi connectivity index (χ0n) is 14.6. The molecule has 0 bridgehead atoms. The van der Waals surface area contributed by atoms with Gasteiger partial charge in [-0.05, 0) is 48.4 Å². The summed E-state index contributed by atoms with van der Waals surface area (Å²) in [6.45, 7) is 0.539. The molecule has 3 aromatic rings. The highest BCUT2D eigenvalue weighted by atomic mass is 16.5. The van der Waals surface area contributed by atoms with E-state index in [-0.39, 0.29) is 5.91 Å². The van der Waals surface area contributed by atoms with Gasteiger partial charge >= 0.3 is 0 Å². The van der Waals surface area contributed by atoms with E-state index in [0.717, 1.165) is 29.1 Å². The highest BCUT2D eigenvalue weighted by Crippen LogP contribution is 2.15. The normalized spacial score (nSPS) is 10.2. The standard InChI is InChI=1S/C21H21N3O2/c1-26-19-9-5-6-16(14-19)12-13-22-21(25)20-11-10-18(15-23-20)24-17-7-3-2-4-8-17/h2-11,14-15,24H,12-13H2,1H3,(H,22,25). The third kappa shape index (κ3) is 4.83. The molecule has 2 aromatic carbocycles. The van der Waals surface area contributed by atoms with Crippen LogP contribution < -0.4 is 15.4 Å². The van der Waals surface area contributed by atoms with Gasteiger partial charge in [-0.1, -0.05) is 30.3 Å². The molecule has 3 rings (SSSR count). The maximum absolute atomic E-state index is 12.2. The van der Waals surface area contributed by atoms with Crippen LogP contribution >= 0.6 is 0 Å². The van der Waals surface area contributed by atoms with Crippen molar-refractivity contribution in [1.82, 2.24) is 10.3 Å². The van der Waals surface area contributed by atoms with E-state index in [2.05, 4.69) is 15.6 Å². The highest BCUT2D eigenvalue weighted by molar-refractivity contribution is 5.92. The Morgan fingerprint density at radius 2 is 1.85 bits per heavy atom. The molecule has 132 valence electrons. The Morgan fingerprint density at radius 1 is 1.00 bits per heavy atom. The van der Waals surface area contributed by atoms with Crippen molar-refractivity contribution in [2.24, 2.45) is 0 Å². The summed E-state index contributed by atoms with van der Waals surface area (Å²) in [5.41, 5.74) is 3.32. The number of carbonyl (C=O) groups excluding carboxylic acids is 1. The van der Waals surface area contributed by atoms with Crippen LogP contribution in [-0.4, -0.2) is 24.5 Å². The first-order chi connectivity index (χ1) is 12.7. The summed E-state index contributed by atoms with van der Waals surface area (Å²) in [6.07, 6.45) is 2.39. The minimum Gasteiger partial charge on any atom is -0.497 e. The number of ether oxygens (including phenoxy) is 1. The van der Waals surface area contributed by atoms with Crippen molar-refractivity contribution in [3.05, 3.63) is 84.2 Å². The van der Waals surface area contributed by atoms with Crippen molar-refractivity contribution in [2.75, 3.05) is 19.0 Å². The molecule has 1 amide bonds. The number of nitrogens with one attached hydrogen (secondary N) is 2. The quantitative estimate of drug-likeness (QED) is 0.682. The minimum atomic E-state index is -0.181. The van der Waals surface area contributed by atoms with E-state index in [4.69, 9.17) is 4.74 Å². The number of amides is 1. The number of aromatic nitrogens is 1. The number of benzene rings is 2. The summed E-state index contributed by atoms with van der Waals surface area (Å²) >= 11 is 0. The molecule has 0 fully saturated rings. The van der Waals surface area contributed by atoms with Gasteiger partial charge in [-0.15, -0.1) is 0 Å². The van der Waals surface area contributed by atoms with Crippen LogP contribution in [0, 0.1) is 0 Å². The topological polar surface area (TPSA) is 63.2 Å². The Morgan fingerprint density at radius 3 is 2.58 bits per heavy atom. The summed E-state index contributed by atoms with van der Waals surface area (Å²) < 4.78 is 5.20. The van der Waals surface area contributed by atoms with Gasteiger partial charge < -0.3 is 15.4 Å². The lowest BCUT2D eigenvalue weighted by molar-refractivity contribution is 0.0949. The van der Waals surface area contributed by atoms with Crippen molar-refractivity contribution in [2.45, 2.75) is 6.42 Å². The van der Waals surface area contributed by atoms with Gasteiger partial charge in [-0.3, -0.25) is 4.79 Å². The Balaban J connectivity index is 1.51. The number of rotatable bonds is 7. The minimum absolute atomic E-state index is 0.181. The molecule has 5 nitrogen and oxygen atoms in total. The molecule has 0 atom stereocenters. The van der Waals surface area contributed by atoms with E-state index in [1.54, 1.807) is 19.4 Å². The molecule has 0 saturated heterocycles. The van der Waals surface area contributed by atoms with Crippen molar-refractivity contribution < 1.29 is 9.53 Å². The number of pyridine rings is 1. The lowest BCUT2D eigenvalue weighted by atomic mass is 10.1. The molecule has 1 aromatic heterocycles. The van der Waals surface area contributed by atoms with Gasteiger partial charge in [0, 0.05) is 12.2 Å². The van der Waals surface area contributed by atoms with Crippen molar-refractivity contribution in [1.29, 1.82) is 0 Å². The Kier molecular flexibility index (Phi) is 5.83. The number of methoxy groups -OCH3 is 1. The molecule has 26 heavy (non-hydrogen) atoms. The predicted molar refractivity (Wildman–Crippen MR) is 103 cm³/mol. The van der Waals surface area contributed by atoms with Crippen LogP contribution in [0.1, 0.15) is 16.1 Å². The molecule has 5 heteroatoms. The molecule has 0 aliphatic carbocycles. The average Bonchev–Trinajstić information content (AvgIpc) is 2.69. The summed E-state index contributed by atoms with van der Waals surface area (Å²) in [4.78, 5) is 16.4. The Labute approximate surface area is 153 Å². The molecule has 0 saturated carbocycles. The first-order valence-corrected chi connectivity index (χ1v) is 8.44. The monoisotopic (exact) mass is 347 g/mol. The summed E-state index contributed by atoms with van der Waals surface area (Å²) in [7, 11) is 1.64. The van der Waals surface area contributed by atoms with Gasteiger partial charge in [0.05, 0.1) is 19.0 Å². The van der Waals surface area contributed by atoms with Crippen LogP contribution in [0.15, 0.2) is 72.9 Å².